The van der Waals surface area contributed by atoms with E-state index < -0.39 is 5.91 Å². The van der Waals surface area contributed by atoms with Gasteiger partial charge in [0.05, 0.1) is 28.2 Å². The van der Waals surface area contributed by atoms with E-state index in [9.17, 15) is 14.7 Å². The second-order valence-corrected chi connectivity index (χ2v) is 13.0. The van der Waals surface area contributed by atoms with Crippen LogP contribution in [0.2, 0.25) is 0 Å². The highest BCUT2D eigenvalue weighted by Crippen LogP contribution is 2.40. The van der Waals surface area contributed by atoms with Crippen LogP contribution in [0.5, 0.6) is 5.75 Å². The lowest BCUT2D eigenvalue weighted by Crippen LogP contribution is -2.55. The highest BCUT2D eigenvalue weighted by molar-refractivity contribution is 6.03. The van der Waals surface area contributed by atoms with Crippen LogP contribution in [0.15, 0.2) is 41.2 Å². The minimum atomic E-state index is -0.530. The van der Waals surface area contributed by atoms with E-state index in [1.165, 1.54) is 0 Å². The highest BCUT2D eigenvalue weighted by Gasteiger charge is 2.39. The van der Waals surface area contributed by atoms with Crippen molar-refractivity contribution in [3.63, 3.8) is 0 Å². The molecular formula is C34H49N7O3. The van der Waals surface area contributed by atoms with Crippen molar-refractivity contribution in [3.05, 3.63) is 63.7 Å². The van der Waals surface area contributed by atoms with Gasteiger partial charge in [0.1, 0.15) is 11.6 Å². The summed E-state index contributed by atoms with van der Waals surface area (Å²) < 4.78 is 1.82. The van der Waals surface area contributed by atoms with E-state index in [0.29, 0.717) is 53.9 Å². The molecule has 2 aromatic carbocycles. The molecule has 0 spiro atoms. The Labute approximate surface area is 260 Å². The molecule has 0 aliphatic carbocycles. The van der Waals surface area contributed by atoms with Crippen molar-refractivity contribution >= 4 is 22.5 Å². The topological polar surface area (TPSA) is 120 Å². The molecule has 0 bridgehead atoms. The highest BCUT2D eigenvalue weighted by atomic mass is 16.3. The first-order chi connectivity index (χ1) is 21.0. The Bertz CT molecular complexity index is 1550. The number of primary amides is 1. The Kier molecular flexibility index (Phi) is 9.34. The third-order valence-corrected chi connectivity index (χ3v) is 9.74. The number of phenolic OH excluding ortho intramolecular Hbond substituents is 1. The predicted molar refractivity (Wildman–Crippen MR) is 176 cm³/mol. The first kappa shape index (κ1) is 31.9. The Morgan fingerprint density at radius 3 is 2.39 bits per heavy atom. The Balaban J connectivity index is 1.55. The number of hydrogen-bond donors (Lipinski definition) is 3. The average Bonchev–Trinajstić information content (AvgIpc) is 2.98. The van der Waals surface area contributed by atoms with Gasteiger partial charge >= 0.3 is 0 Å². The molecule has 5 rings (SSSR count). The summed E-state index contributed by atoms with van der Waals surface area (Å²) in [4.78, 5) is 39.0. The second-order valence-electron chi connectivity index (χ2n) is 13.0. The first-order valence-corrected chi connectivity index (χ1v) is 16.1. The lowest BCUT2D eigenvalue weighted by molar-refractivity contribution is 0.0999. The number of nitrogens with two attached hydrogens (primary N) is 1. The van der Waals surface area contributed by atoms with Crippen molar-refractivity contribution in [1.29, 1.82) is 0 Å². The molecular weight excluding hydrogens is 554 g/mol. The Morgan fingerprint density at radius 1 is 1.14 bits per heavy atom. The zero-order valence-electron chi connectivity index (χ0n) is 27.1. The van der Waals surface area contributed by atoms with E-state index in [1.54, 1.807) is 12.1 Å². The van der Waals surface area contributed by atoms with Crippen molar-refractivity contribution in [2.45, 2.75) is 83.6 Å². The van der Waals surface area contributed by atoms with Crippen molar-refractivity contribution in [3.8, 4) is 5.75 Å². The fraction of sp³-hybridized carbons (Fsp3) is 0.559. The summed E-state index contributed by atoms with van der Waals surface area (Å²) >= 11 is 0. The van der Waals surface area contributed by atoms with Gasteiger partial charge in [-0.15, -0.1) is 0 Å². The van der Waals surface area contributed by atoms with Crippen LogP contribution < -0.4 is 21.5 Å². The summed E-state index contributed by atoms with van der Waals surface area (Å²) in [6.45, 7) is 12.1. The predicted octanol–water partition coefficient (Wildman–Crippen LogP) is 3.80. The molecule has 1 aromatic heterocycles. The van der Waals surface area contributed by atoms with Gasteiger partial charge in [-0.2, -0.15) is 0 Å². The summed E-state index contributed by atoms with van der Waals surface area (Å²) in [7, 11) is 4.13. The number of fused-ring (bicyclic) bond motifs is 1. The van der Waals surface area contributed by atoms with Crippen LogP contribution in [0.1, 0.15) is 81.2 Å². The van der Waals surface area contributed by atoms with Gasteiger partial charge in [-0.1, -0.05) is 25.5 Å². The molecule has 238 valence electrons. The summed E-state index contributed by atoms with van der Waals surface area (Å²) in [5.74, 6) is 0.478. The van der Waals surface area contributed by atoms with Crippen LogP contribution in [-0.4, -0.2) is 82.7 Å². The van der Waals surface area contributed by atoms with Crippen LogP contribution in [0, 0.1) is 0 Å². The monoisotopic (exact) mass is 603 g/mol. The number of aromatic hydroxyl groups is 1. The molecule has 1 amide bonds. The van der Waals surface area contributed by atoms with Crippen molar-refractivity contribution in [2.24, 2.45) is 5.73 Å². The molecule has 10 nitrogen and oxygen atoms in total. The first-order valence-electron chi connectivity index (χ1n) is 16.1. The van der Waals surface area contributed by atoms with E-state index >= 15 is 0 Å². The van der Waals surface area contributed by atoms with Crippen LogP contribution in [0.4, 0.5) is 5.69 Å². The number of hydrogen-bond acceptors (Lipinski definition) is 8. The Hall–Kier alpha value is -3.47. The zero-order valence-corrected chi connectivity index (χ0v) is 27.1. The van der Waals surface area contributed by atoms with Crippen LogP contribution in [0.3, 0.4) is 0 Å². The number of rotatable bonds is 9. The molecule has 10 heteroatoms. The summed E-state index contributed by atoms with van der Waals surface area (Å²) in [5.41, 5.74) is 8.28. The maximum Gasteiger partial charge on any atom is 0.261 e. The lowest BCUT2D eigenvalue weighted by Gasteiger charge is -2.47. The largest absolute Gasteiger partial charge is 0.508 e. The van der Waals surface area contributed by atoms with Crippen molar-refractivity contribution < 1.29 is 9.90 Å². The fourth-order valence-corrected chi connectivity index (χ4v) is 7.57. The minimum absolute atomic E-state index is 0.000529. The summed E-state index contributed by atoms with van der Waals surface area (Å²) in [6, 6.07) is 11.7. The summed E-state index contributed by atoms with van der Waals surface area (Å²) in [5, 5.41) is 14.3. The molecule has 1 unspecified atom stereocenters. The molecule has 2 aliphatic heterocycles. The number of carbonyl (C=O) groups is 1. The maximum atomic E-state index is 14.2. The number of benzene rings is 2. The summed E-state index contributed by atoms with van der Waals surface area (Å²) in [6.07, 6.45) is 3.40. The van der Waals surface area contributed by atoms with E-state index in [1.807, 2.05) is 29.7 Å². The molecule has 0 radical (unpaired) electrons. The van der Waals surface area contributed by atoms with Gasteiger partial charge in [0, 0.05) is 50.3 Å². The fourth-order valence-electron chi connectivity index (χ4n) is 7.57. The minimum Gasteiger partial charge on any atom is -0.508 e. The van der Waals surface area contributed by atoms with Gasteiger partial charge in [0.2, 0.25) is 0 Å². The maximum absolute atomic E-state index is 14.2. The number of piperazine rings is 1. The molecule has 2 saturated heterocycles. The van der Waals surface area contributed by atoms with E-state index in [0.717, 1.165) is 50.2 Å². The van der Waals surface area contributed by atoms with Crippen molar-refractivity contribution in [1.82, 2.24) is 24.7 Å². The lowest BCUT2D eigenvalue weighted by atomic mass is 9.79. The van der Waals surface area contributed by atoms with Crippen LogP contribution in [-0.2, 0) is 12.1 Å². The van der Waals surface area contributed by atoms with Gasteiger partial charge in [-0.05, 0) is 84.0 Å². The molecule has 2 aliphatic rings. The van der Waals surface area contributed by atoms with Crippen LogP contribution in [0.25, 0.3) is 10.9 Å². The second kappa shape index (κ2) is 12.9. The van der Waals surface area contributed by atoms with Gasteiger partial charge in [-0.3, -0.25) is 24.0 Å². The molecule has 3 atom stereocenters. The zero-order chi connectivity index (χ0) is 31.8. The molecule has 3 heterocycles. The quantitative estimate of drug-likeness (QED) is 0.338. The normalized spacial score (nSPS) is 21.6. The van der Waals surface area contributed by atoms with E-state index in [2.05, 4.69) is 60.9 Å². The Morgan fingerprint density at radius 2 is 1.82 bits per heavy atom. The van der Waals surface area contributed by atoms with Crippen LogP contribution >= 0.6 is 0 Å². The van der Waals surface area contributed by atoms with Gasteiger partial charge in [-0.25, -0.2) is 4.98 Å². The number of piperidine rings is 1. The third-order valence-electron chi connectivity index (χ3n) is 9.74. The van der Waals surface area contributed by atoms with Gasteiger partial charge in [0.15, 0.2) is 0 Å². The van der Waals surface area contributed by atoms with E-state index in [-0.39, 0.29) is 22.9 Å². The number of carbonyl (C=O) groups excluding carboxylic acids is 1. The molecule has 3 aromatic rings. The number of nitrogens with zero attached hydrogens (tertiary/aromatic N) is 5. The number of anilines is 1. The third kappa shape index (κ3) is 5.95. The van der Waals surface area contributed by atoms with Crippen molar-refractivity contribution in [2.75, 3.05) is 45.2 Å². The number of phenols is 1. The number of nitrogens with one attached hydrogen (secondary N) is 1. The van der Waals surface area contributed by atoms with Gasteiger partial charge < -0.3 is 21.1 Å². The molecule has 44 heavy (non-hydrogen) atoms. The SMILES string of the molecule is CCCC(c1nc2cc(C(N)=O)c(N3CCC(c4cccc(O)c4)(N(C)C)CC3)cc2c(=O)n1CC)N1C[C@@H](C)N[C@@H](C)C1. The molecule has 2 fully saturated rings. The smallest absolute Gasteiger partial charge is 0.261 e. The van der Waals surface area contributed by atoms with Gasteiger partial charge in [0.25, 0.3) is 11.5 Å². The molecule has 0 saturated carbocycles. The standard InChI is InChI=1S/C34H49N7O3/c1-7-10-29(40-20-22(3)36-23(4)21-40)32-37-28-18-27(31(35)43)30(19-26(28)33(44)41(32)8-2)39-15-13-34(14-16-39,38(5)6)24-11-9-12-25(42)17-24/h9,11-12,17-19,22-23,29,36,42H,7-8,10,13-16,20-21H2,1-6H3,(H2,35,43)/t22-,23+,29?. The average molecular weight is 604 g/mol. The molecule has 4 N–H and O–H groups in total. The number of amides is 1. The van der Waals surface area contributed by atoms with E-state index in [4.69, 9.17) is 10.7 Å². The number of aromatic nitrogens is 2.